The van der Waals surface area contributed by atoms with E-state index in [0.717, 1.165) is 12.8 Å². The zero-order valence-corrected chi connectivity index (χ0v) is 9.07. The smallest absolute Gasteiger partial charge is 0.352 e. The van der Waals surface area contributed by atoms with Gasteiger partial charge in [-0.1, -0.05) is 0 Å². The number of hydrogen-bond donors (Lipinski definition) is 2. The monoisotopic (exact) mass is 238 g/mol. The number of unbranched alkanes of at least 4 members (excludes halogenated alkanes) is 1. The minimum absolute atomic E-state index is 0.0710. The molecule has 0 bridgehead atoms. The third-order valence-electron chi connectivity index (χ3n) is 2.29. The number of hydrogen-bond acceptors (Lipinski definition) is 2. The Morgan fingerprint density at radius 2 is 1.94 bits per heavy atom. The molecule has 16 heavy (non-hydrogen) atoms. The molecule has 6 heteroatoms. The lowest BCUT2D eigenvalue weighted by Crippen LogP contribution is -2.35. The molecule has 3 nitrogen and oxygen atoms in total. The molecule has 0 unspecified atom stereocenters. The molecule has 0 saturated heterocycles. The van der Waals surface area contributed by atoms with E-state index in [4.69, 9.17) is 0 Å². The van der Waals surface area contributed by atoms with E-state index >= 15 is 0 Å². The van der Waals surface area contributed by atoms with Crippen LogP contribution in [0.1, 0.15) is 32.1 Å². The van der Waals surface area contributed by atoms with Crippen molar-refractivity contribution in [2.45, 2.75) is 44.3 Å². The van der Waals surface area contributed by atoms with Crippen molar-refractivity contribution in [1.29, 1.82) is 0 Å². The highest BCUT2D eigenvalue weighted by Gasteiger charge is 2.25. The molecule has 2 N–H and O–H groups in total. The fourth-order valence-corrected chi connectivity index (χ4v) is 1.28. The highest BCUT2D eigenvalue weighted by molar-refractivity contribution is 5.78. The van der Waals surface area contributed by atoms with Crippen molar-refractivity contribution in [2.75, 3.05) is 13.1 Å². The predicted octanol–water partition coefficient (Wildman–Crippen LogP) is 1.59. The van der Waals surface area contributed by atoms with Gasteiger partial charge in [-0.05, 0) is 32.2 Å². The molecule has 0 heterocycles. The Hall–Kier alpha value is -0.780. The second-order valence-corrected chi connectivity index (χ2v) is 4.09. The Kier molecular flexibility index (Phi) is 5.05. The molecular weight excluding hydrogens is 221 g/mol. The second-order valence-electron chi connectivity index (χ2n) is 4.09. The summed E-state index contributed by atoms with van der Waals surface area (Å²) in [5.41, 5.74) is 0. The number of alkyl halides is 3. The minimum Gasteiger partial charge on any atom is -0.352 e. The summed E-state index contributed by atoms with van der Waals surface area (Å²) >= 11 is 0. The first kappa shape index (κ1) is 13.3. The Morgan fingerprint density at radius 3 is 2.50 bits per heavy atom. The first-order valence-electron chi connectivity index (χ1n) is 5.54. The molecular formula is C10H17F3N2O. The van der Waals surface area contributed by atoms with Gasteiger partial charge in [0, 0.05) is 12.5 Å². The van der Waals surface area contributed by atoms with Gasteiger partial charge in [0.2, 0.25) is 5.91 Å². The SMILES string of the molecule is O=C(CNCCCCC(F)(F)F)NC1CC1. The summed E-state index contributed by atoms with van der Waals surface area (Å²) in [6.07, 6.45) is -2.18. The van der Waals surface area contributed by atoms with Crippen LogP contribution in [-0.4, -0.2) is 31.2 Å². The van der Waals surface area contributed by atoms with Crippen LogP contribution in [0.5, 0.6) is 0 Å². The lowest BCUT2D eigenvalue weighted by Gasteiger charge is -2.07. The molecule has 1 saturated carbocycles. The highest BCUT2D eigenvalue weighted by atomic mass is 19.4. The number of nitrogens with one attached hydrogen (secondary N) is 2. The molecule has 0 aromatic rings. The van der Waals surface area contributed by atoms with Gasteiger partial charge in [0.05, 0.1) is 6.54 Å². The first-order valence-corrected chi connectivity index (χ1v) is 5.54. The van der Waals surface area contributed by atoms with Crippen molar-refractivity contribution in [2.24, 2.45) is 0 Å². The van der Waals surface area contributed by atoms with Gasteiger partial charge in [-0.15, -0.1) is 0 Å². The Labute approximate surface area is 92.8 Å². The van der Waals surface area contributed by atoms with Gasteiger partial charge >= 0.3 is 6.18 Å². The van der Waals surface area contributed by atoms with Crippen LogP contribution >= 0.6 is 0 Å². The largest absolute Gasteiger partial charge is 0.389 e. The average Bonchev–Trinajstić information content (AvgIpc) is 2.93. The van der Waals surface area contributed by atoms with E-state index < -0.39 is 12.6 Å². The number of halogens is 3. The van der Waals surface area contributed by atoms with Gasteiger partial charge in [0.1, 0.15) is 0 Å². The van der Waals surface area contributed by atoms with E-state index in [0.29, 0.717) is 19.0 Å². The maximum atomic E-state index is 11.8. The van der Waals surface area contributed by atoms with E-state index in [2.05, 4.69) is 10.6 Å². The standard InChI is InChI=1S/C10H17F3N2O/c11-10(12,13)5-1-2-6-14-7-9(16)15-8-3-4-8/h8,14H,1-7H2,(H,15,16). The lowest BCUT2D eigenvalue weighted by atomic mass is 10.2. The van der Waals surface area contributed by atoms with Crippen LogP contribution in [0.3, 0.4) is 0 Å². The number of amides is 1. The molecule has 0 aliphatic heterocycles. The van der Waals surface area contributed by atoms with Crippen LogP contribution in [0.25, 0.3) is 0 Å². The molecule has 1 amide bonds. The topological polar surface area (TPSA) is 41.1 Å². The lowest BCUT2D eigenvalue weighted by molar-refractivity contribution is -0.135. The molecule has 0 aromatic heterocycles. The van der Waals surface area contributed by atoms with Crippen molar-refractivity contribution >= 4 is 5.91 Å². The van der Waals surface area contributed by atoms with E-state index in [-0.39, 0.29) is 18.9 Å². The summed E-state index contributed by atoms with van der Waals surface area (Å²) in [7, 11) is 0. The molecule has 1 aliphatic rings. The van der Waals surface area contributed by atoms with Gasteiger partial charge in [-0.3, -0.25) is 4.79 Å². The summed E-state index contributed by atoms with van der Waals surface area (Å²) in [4.78, 5) is 11.1. The Bertz CT molecular complexity index is 227. The van der Waals surface area contributed by atoms with Gasteiger partial charge in [0.15, 0.2) is 0 Å². The third-order valence-corrected chi connectivity index (χ3v) is 2.29. The molecule has 94 valence electrons. The highest BCUT2D eigenvalue weighted by Crippen LogP contribution is 2.21. The molecule has 1 aliphatic carbocycles. The van der Waals surface area contributed by atoms with E-state index in [1.54, 1.807) is 0 Å². The maximum absolute atomic E-state index is 11.8. The summed E-state index contributed by atoms with van der Waals surface area (Å²) < 4.78 is 35.3. The van der Waals surface area contributed by atoms with Gasteiger partial charge in [-0.2, -0.15) is 13.2 Å². The van der Waals surface area contributed by atoms with Crippen LogP contribution in [0, 0.1) is 0 Å². The summed E-state index contributed by atoms with van der Waals surface area (Å²) in [6, 6.07) is 0.333. The quantitative estimate of drug-likeness (QED) is 0.661. The van der Waals surface area contributed by atoms with Crippen molar-refractivity contribution < 1.29 is 18.0 Å². The minimum atomic E-state index is -4.07. The molecule has 1 rings (SSSR count). The van der Waals surface area contributed by atoms with Crippen LogP contribution < -0.4 is 10.6 Å². The van der Waals surface area contributed by atoms with E-state index in [9.17, 15) is 18.0 Å². The summed E-state index contributed by atoms with van der Waals surface area (Å²) in [6.45, 7) is 0.649. The molecule has 0 spiro atoms. The molecule has 1 fully saturated rings. The summed E-state index contributed by atoms with van der Waals surface area (Å²) in [5, 5.41) is 5.61. The maximum Gasteiger partial charge on any atom is 0.389 e. The number of carbonyl (C=O) groups excluding carboxylic acids is 1. The van der Waals surface area contributed by atoms with Crippen LogP contribution in [-0.2, 0) is 4.79 Å². The third kappa shape index (κ3) is 7.50. The predicted molar refractivity (Wildman–Crippen MR) is 53.9 cm³/mol. The fraction of sp³-hybridized carbons (Fsp3) is 0.900. The number of rotatable bonds is 7. The zero-order valence-electron chi connectivity index (χ0n) is 9.07. The zero-order chi connectivity index (χ0) is 12.0. The Balaban J connectivity index is 1.85. The van der Waals surface area contributed by atoms with Crippen molar-refractivity contribution in [1.82, 2.24) is 10.6 Å². The Morgan fingerprint density at radius 1 is 1.25 bits per heavy atom. The van der Waals surface area contributed by atoms with Crippen LogP contribution in [0.2, 0.25) is 0 Å². The molecule has 0 radical (unpaired) electrons. The van der Waals surface area contributed by atoms with Crippen molar-refractivity contribution in [3.8, 4) is 0 Å². The first-order chi connectivity index (χ1) is 7.47. The van der Waals surface area contributed by atoms with Crippen molar-refractivity contribution in [3.63, 3.8) is 0 Å². The molecule has 0 aromatic carbocycles. The van der Waals surface area contributed by atoms with Crippen LogP contribution in [0.4, 0.5) is 13.2 Å². The van der Waals surface area contributed by atoms with E-state index in [1.165, 1.54) is 0 Å². The number of carbonyl (C=O) groups is 1. The van der Waals surface area contributed by atoms with Gasteiger partial charge < -0.3 is 10.6 Å². The fourth-order valence-electron chi connectivity index (χ4n) is 1.28. The normalized spacial score (nSPS) is 16.2. The van der Waals surface area contributed by atoms with E-state index in [1.807, 2.05) is 0 Å². The van der Waals surface area contributed by atoms with Gasteiger partial charge in [-0.25, -0.2) is 0 Å². The van der Waals surface area contributed by atoms with Crippen LogP contribution in [0.15, 0.2) is 0 Å². The molecule has 0 atom stereocenters. The summed E-state index contributed by atoms with van der Waals surface area (Å²) in [5.74, 6) is -0.0710. The van der Waals surface area contributed by atoms with Gasteiger partial charge in [0.25, 0.3) is 0 Å². The average molecular weight is 238 g/mol. The second kappa shape index (κ2) is 6.08. The van der Waals surface area contributed by atoms with Crippen molar-refractivity contribution in [3.05, 3.63) is 0 Å².